The summed E-state index contributed by atoms with van der Waals surface area (Å²) in [6.45, 7) is 5.60. The second-order valence-corrected chi connectivity index (χ2v) is 10.3. The van der Waals surface area contributed by atoms with Crippen LogP contribution in [0.3, 0.4) is 0 Å². The molecular formula is C5H14ClO3PSi. The fourth-order valence-electron chi connectivity index (χ4n) is 0.580. The number of rotatable bonds is 4. The first-order chi connectivity index (χ1) is 4.77. The van der Waals surface area contributed by atoms with Gasteiger partial charge in [-0.25, -0.2) is 0 Å². The summed E-state index contributed by atoms with van der Waals surface area (Å²) in [5, 5.41) is 0. The van der Waals surface area contributed by atoms with Crippen LogP contribution in [0.5, 0.6) is 0 Å². The van der Waals surface area contributed by atoms with E-state index in [1.165, 1.54) is 0 Å². The van der Waals surface area contributed by atoms with Crippen molar-refractivity contribution in [2.75, 3.05) is 12.0 Å². The molecule has 6 heteroatoms. The minimum absolute atomic E-state index is 0.0405. The van der Waals surface area contributed by atoms with E-state index in [0.717, 1.165) is 0 Å². The number of alkyl halides is 1. The molecule has 0 rings (SSSR count). The molecule has 1 N–H and O–H groups in total. The molecule has 1 atom stereocenters. The van der Waals surface area contributed by atoms with E-state index < -0.39 is 15.9 Å². The van der Waals surface area contributed by atoms with Crippen LogP contribution in [0.25, 0.3) is 0 Å². The SMILES string of the molecule is C[Si](C)(C)OP(=O)(O)CCCl. The Morgan fingerprint density at radius 1 is 1.55 bits per heavy atom. The van der Waals surface area contributed by atoms with Crippen molar-refractivity contribution >= 4 is 27.5 Å². The van der Waals surface area contributed by atoms with Crippen LogP contribution in [0.4, 0.5) is 0 Å². The van der Waals surface area contributed by atoms with Crippen molar-refractivity contribution in [2.24, 2.45) is 0 Å². The van der Waals surface area contributed by atoms with Gasteiger partial charge in [0.2, 0.25) is 0 Å². The minimum Gasteiger partial charge on any atom is -0.351 e. The van der Waals surface area contributed by atoms with Crippen molar-refractivity contribution in [3.05, 3.63) is 0 Å². The Hall–Kier alpha value is 0.657. The summed E-state index contributed by atoms with van der Waals surface area (Å²) in [7, 11) is -5.29. The van der Waals surface area contributed by atoms with E-state index in [-0.39, 0.29) is 12.0 Å². The van der Waals surface area contributed by atoms with E-state index >= 15 is 0 Å². The molecule has 68 valence electrons. The van der Waals surface area contributed by atoms with Gasteiger partial charge >= 0.3 is 7.60 Å². The first-order valence-corrected chi connectivity index (χ1v) is 9.06. The second-order valence-electron chi connectivity index (χ2n) is 3.25. The van der Waals surface area contributed by atoms with Gasteiger partial charge in [-0.3, -0.25) is 4.57 Å². The van der Waals surface area contributed by atoms with Gasteiger partial charge in [0.1, 0.15) is 0 Å². The molecule has 0 aromatic carbocycles. The van der Waals surface area contributed by atoms with E-state index in [0.29, 0.717) is 0 Å². The molecule has 1 unspecified atom stereocenters. The molecule has 0 aromatic heterocycles. The van der Waals surface area contributed by atoms with Gasteiger partial charge in [-0.05, 0) is 19.6 Å². The maximum absolute atomic E-state index is 11.1. The molecule has 0 spiro atoms. The summed E-state index contributed by atoms with van der Waals surface area (Å²) < 4.78 is 16.1. The predicted molar refractivity (Wildman–Crippen MR) is 49.8 cm³/mol. The van der Waals surface area contributed by atoms with Gasteiger partial charge in [0.05, 0.1) is 6.16 Å². The van der Waals surface area contributed by atoms with Crippen LogP contribution in [0.2, 0.25) is 19.6 Å². The second kappa shape index (κ2) is 4.05. The summed E-state index contributed by atoms with van der Waals surface area (Å²) in [5.41, 5.74) is 0. The first kappa shape index (κ1) is 11.7. The normalized spacial score (nSPS) is 17.9. The van der Waals surface area contributed by atoms with Crippen LogP contribution < -0.4 is 0 Å². The van der Waals surface area contributed by atoms with E-state index in [9.17, 15) is 4.57 Å². The highest BCUT2D eigenvalue weighted by atomic mass is 35.5. The highest BCUT2D eigenvalue weighted by Crippen LogP contribution is 2.44. The molecule has 0 saturated heterocycles. The van der Waals surface area contributed by atoms with Gasteiger partial charge in [0.25, 0.3) is 0 Å². The number of halogens is 1. The van der Waals surface area contributed by atoms with Crippen molar-refractivity contribution < 1.29 is 13.7 Å². The highest BCUT2D eigenvalue weighted by Gasteiger charge is 2.27. The number of hydrogen-bond acceptors (Lipinski definition) is 2. The lowest BCUT2D eigenvalue weighted by Gasteiger charge is -2.21. The van der Waals surface area contributed by atoms with Crippen LogP contribution in [-0.2, 0) is 8.78 Å². The molecule has 0 aliphatic carbocycles. The van der Waals surface area contributed by atoms with Gasteiger partial charge in [0.15, 0.2) is 8.32 Å². The molecule has 0 aromatic rings. The van der Waals surface area contributed by atoms with E-state index in [2.05, 4.69) is 0 Å². The smallest absolute Gasteiger partial charge is 0.319 e. The van der Waals surface area contributed by atoms with Crippen LogP contribution in [0.1, 0.15) is 0 Å². The fourth-order valence-corrected chi connectivity index (χ4v) is 5.22. The lowest BCUT2D eigenvalue weighted by molar-refractivity contribution is 0.380. The van der Waals surface area contributed by atoms with E-state index in [1.54, 1.807) is 0 Å². The monoisotopic (exact) mass is 216 g/mol. The average molecular weight is 217 g/mol. The third-order valence-electron chi connectivity index (χ3n) is 0.784. The first-order valence-electron chi connectivity index (χ1n) is 3.35. The molecular weight excluding hydrogens is 203 g/mol. The Kier molecular flexibility index (Phi) is 4.30. The molecule has 11 heavy (non-hydrogen) atoms. The summed E-state index contributed by atoms with van der Waals surface area (Å²) in [4.78, 5) is 9.13. The molecule has 0 bridgehead atoms. The van der Waals surface area contributed by atoms with Crippen molar-refractivity contribution in [3.8, 4) is 0 Å². The lowest BCUT2D eigenvalue weighted by Crippen LogP contribution is -2.24. The van der Waals surface area contributed by atoms with Gasteiger partial charge < -0.3 is 9.11 Å². The summed E-state index contributed by atoms with van der Waals surface area (Å²) in [5.74, 6) is 0.165. The summed E-state index contributed by atoms with van der Waals surface area (Å²) >= 11 is 5.32. The van der Waals surface area contributed by atoms with Gasteiger partial charge in [-0.15, -0.1) is 11.6 Å². The highest BCUT2D eigenvalue weighted by molar-refractivity contribution is 7.54. The molecule has 0 amide bonds. The molecule has 0 aliphatic rings. The maximum atomic E-state index is 11.1. The van der Waals surface area contributed by atoms with Crippen molar-refractivity contribution in [1.29, 1.82) is 0 Å². The summed E-state index contributed by atoms with van der Waals surface area (Å²) in [6, 6.07) is 0. The Morgan fingerprint density at radius 2 is 2.00 bits per heavy atom. The molecule has 0 aliphatic heterocycles. The Bertz CT molecular complexity index is 168. The maximum Gasteiger partial charge on any atom is 0.319 e. The predicted octanol–water partition coefficient (Wildman–Crippen LogP) is 2.26. The average Bonchev–Trinajstić information content (AvgIpc) is 1.55. The van der Waals surface area contributed by atoms with E-state index in [1.807, 2.05) is 19.6 Å². The molecule has 0 heterocycles. The Morgan fingerprint density at radius 3 is 2.27 bits per heavy atom. The minimum atomic E-state index is -3.38. The third-order valence-corrected chi connectivity index (χ3v) is 5.36. The fraction of sp³-hybridized carbons (Fsp3) is 1.00. The van der Waals surface area contributed by atoms with Crippen LogP contribution in [0.15, 0.2) is 0 Å². The number of hydrogen-bond donors (Lipinski definition) is 1. The summed E-state index contributed by atoms with van der Waals surface area (Å²) in [6.07, 6.45) is 0.0405. The van der Waals surface area contributed by atoms with Crippen LogP contribution in [0, 0.1) is 0 Å². The zero-order chi connectivity index (χ0) is 9.12. The largest absolute Gasteiger partial charge is 0.351 e. The molecule has 0 saturated carbocycles. The van der Waals surface area contributed by atoms with Gasteiger partial charge in [0, 0.05) is 5.88 Å². The molecule has 0 fully saturated rings. The third kappa shape index (κ3) is 7.03. The lowest BCUT2D eigenvalue weighted by atomic mass is 11.0. The zero-order valence-corrected chi connectivity index (χ0v) is 9.65. The Balaban J connectivity index is 4.03. The van der Waals surface area contributed by atoms with Crippen LogP contribution >= 0.6 is 19.2 Å². The Labute approximate surface area is 73.4 Å². The van der Waals surface area contributed by atoms with Gasteiger partial charge in [-0.1, -0.05) is 0 Å². The van der Waals surface area contributed by atoms with E-state index in [4.69, 9.17) is 20.7 Å². The van der Waals surface area contributed by atoms with Crippen molar-refractivity contribution in [1.82, 2.24) is 0 Å². The zero-order valence-electron chi connectivity index (χ0n) is 7.00. The van der Waals surface area contributed by atoms with Crippen LogP contribution in [-0.4, -0.2) is 25.3 Å². The topological polar surface area (TPSA) is 46.5 Å². The van der Waals surface area contributed by atoms with Crippen molar-refractivity contribution in [3.63, 3.8) is 0 Å². The quantitative estimate of drug-likeness (QED) is 0.446. The van der Waals surface area contributed by atoms with Gasteiger partial charge in [-0.2, -0.15) is 0 Å². The standard InChI is InChI=1S/C5H14ClO3PSi/c1-11(2,3)9-10(7,8)5-4-6/h4-5H2,1-3H3,(H,7,8). The molecule has 3 nitrogen and oxygen atoms in total. The van der Waals surface area contributed by atoms with Crippen molar-refractivity contribution in [2.45, 2.75) is 19.6 Å². The molecule has 0 radical (unpaired) electrons.